The van der Waals surface area contributed by atoms with Gasteiger partial charge in [-0.3, -0.25) is 14.9 Å². The summed E-state index contributed by atoms with van der Waals surface area (Å²) >= 11 is 0. The van der Waals surface area contributed by atoms with Crippen molar-refractivity contribution in [3.63, 3.8) is 0 Å². The quantitative estimate of drug-likeness (QED) is 0.526. The predicted molar refractivity (Wildman–Crippen MR) is 65.6 cm³/mol. The van der Waals surface area contributed by atoms with Crippen LogP contribution in [-0.2, 0) is 0 Å². The predicted octanol–water partition coefficient (Wildman–Crippen LogP) is 2.41. The van der Waals surface area contributed by atoms with E-state index in [0.29, 0.717) is 6.07 Å². The third-order valence-corrected chi connectivity index (χ3v) is 2.54. The van der Waals surface area contributed by atoms with Crippen LogP contribution in [-0.4, -0.2) is 42.5 Å². The van der Waals surface area contributed by atoms with E-state index in [-0.39, 0.29) is 10.6 Å². The zero-order chi connectivity index (χ0) is 16.4. The second-order valence-corrected chi connectivity index (χ2v) is 4.13. The zero-order valence-electron chi connectivity index (χ0n) is 11.0. The van der Waals surface area contributed by atoms with E-state index in [1.54, 1.807) is 0 Å². The van der Waals surface area contributed by atoms with Gasteiger partial charge in [-0.1, -0.05) is 0 Å². The van der Waals surface area contributed by atoms with Gasteiger partial charge < -0.3 is 10.2 Å². The molecule has 0 aliphatic heterocycles. The van der Waals surface area contributed by atoms with Gasteiger partial charge in [0.1, 0.15) is 12.1 Å². The van der Waals surface area contributed by atoms with Crippen LogP contribution in [0.5, 0.6) is 0 Å². The maximum absolute atomic E-state index is 13.5. The van der Waals surface area contributed by atoms with Crippen molar-refractivity contribution in [1.82, 2.24) is 4.90 Å². The van der Waals surface area contributed by atoms with Gasteiger partial charge >= 0.3 is 6.18 Å². The number of hydrogen-bond donors (Lipinski definition) is 1. The number of carbonyl (C=O) groups is 1. The van der Waals surface area contributed by atoms with Crippen LogP contribution >= 0.6 is 0 Å². The summed E-state index contributed by atoms with van der Waals surface area (Å²) in [5, 5.41) is 13.2. The minimum atomic E-state index is -4.65. The number of rotatable bonds is 4. The fourth-order valence-corrected chi connectivity index (χ4v) is 1.62. The van der Waals surface area contributed by atoms with Crippen LogP contribution in [0.3, 0.4) is 0 Å². The number of nitrogens with one attached hydrogen (secondary N) is 1. The Hall–Kier alpha value is -2.39. The molecule has 0 fully saturated rings. The van der Waals surface area contributed by atoms with Gasteiger partial charge in [-0.05, 0) is 6.07 Å². The molecule has 0 unspecified atom stereocenters. The van der Waals surface area contributed by atoms with Crippen molar-refractivity contribution in [1.29, 1.82) is 0 Å². The van der Waals surface area contributed by atoms with Crippen LogP contribution in [0.15, 0.2) is 12.1 Å². The summed E-state index contributed by atoms with van der Waals surface area (Å²) in [6.07, 6.45) is -4.65. The number of halogens is 4. The summed E-state index contributed by atoms with van der Waals surface area (Å²) in [7, 11) is 2.15. The average Bonchev–Trinajstić information content (AvgIpc) is 2.35. The van der Waals surface area contributed by atoms with Gasteiger partial charge in [0.25, 0.3) is 11.6 Å². The lowest BCUT2D eigenvalue weighted by Crippen LogP contribution is -2.36. The molecule has 0 saturated carbocycles. The molecule has 0 bridgehead atoms. The van der Waals surface area contributed by atoms with E-state index in [4.69, 9.17) is 0 Å². The highest BCUT2D eigenvalue weighted by Gasteiger charge is 2.34. The number of hydrogen-bond acceptors (Lipinski definition) is 4. The van der Waals surface area contributed by atoms with E-state index in [1.807, 2.05) is 0 Å². The first-order valence-electron chi connectivity index (χ1n) is 5.54. The molecule has 0 heterocycles. The molecule has 1 N–H and O–H groups in total. The van der Waals surface area contributed by atoms with E-state index in [2.05, 4.69) is 5.32 Å². The summed E-state index contributed by atoms with van der Waals surface area (Å²) in [6, 6.07) is 1.29. The molecule has 0 aromatic heterocycles. The monoisotopic (exact) mass is 309 g/mol. The molecule has 1 aromatic rings. The maximum atomic E-state index is 13.5. The molecule has 0 aliphatic carbocycles. The molecule has 0 aliphatic rings. The molecule has 21 heavy (non-hydrogen) atoms. The Morgan fingerprint density at radius 3 is 2.43 bits per heavy atom. The van der Waals surface area contributed by atoms with Crippen LogP contribution in [0.1, 0.15) is 10.4 Å². The van der Waals surface area contributed by atoms with Crippen molar-refractivity contribution in [2.24, 2.45) is 0 Å². The van der Waals surface area contributed by atoms with Crippen molar-refractivity contribution in [2.45, 2.75) is 6.18 Å². The Balaban J connectivity index is 3.27. The molecule has 0 radical (unpaired) electrons. The molecule has 0 saturated heterocycles. The highest BCUT2D eigenvalue weighted by Crippen LogP contribution is 2.27. The van der Waals surface area contributed by atoms with Gasteiger partial charge in [-0.2, -0.15) is 13.2 Å². The van der Waals surface area contributed by atoms with Crippen molar-refractivity contribution < 1.29 is 27.3 Å². The summed E-state index contributed by atoms with van der Waals surface area (Å²) < 4.78 is 50.2. The number of benzene rings is 1. The first-order valence-corrected chi connectivity index (χ1v) is 5.54. The highest BCUT2D eigenvalue weighted by atomic mass is 19.4. The van der Waals surface area contributed by atoms with E-state index < -0.39 is 40.6 Å². The SMILES string of the molecule is CNc1cc(C(=O)N(C)CC(F)(F)F)c([N+](=O)[O-])cc1F. The van der Waals surface area contributed by atoms with E-state index in [1.165, 1.54) is 7.05 Å². The van der Waals surface area contributed by atoms with Gasteiger partial charge in [-0.15, -0.1) is 0 Å². The molecule has 0 atom stereocenters. The Labute approximate surface area is 116 Å². The number of alkyl halides is 3. The van der Waals surface area contributed by atoms with Gasteiger partial charge in [0, 0.05) is 14.1 Å². The van der Waals surface area contributed by atoms with Crippen LogP contribution in [0.4, 0.5) is 28.9 Å². The standard InChI is InChI=1S/C11H11F4N3O3/c1-16-8-3-6(9(18(20)21)4-7(8)12)10(19)17(2)5-11(13,14)15/h3-4,16H,5H2,1-2H3. The zero-order valence-corrected chi connectivity index (χ0v) is 11.0. The van der Waals surface area contributed by atoms with E-state index >= 15 is 0 Å². The third-order valence-electron chi connectivity index (χ3n) is 2.54. The Bertz CT molecular complexity index is 575. The minimum Gasteiger partial charge on any atom is -0.386 e. The molecular weight excluding hydrogens is 298 g/mol. The lowest BCUT2D eigenvalue weighted by molar-refractivity contribution is -0.385. The lowest BCUT2D eigenvalue weighted by Gasteiger charge is -2.19. The number of nitro groups is 1. The number of nitrogens with zero attached hydrogens (tertiary/aromatic N) is 2. The molecule has 0 spiro atoms. The molecule has 1 amide bonds. The fourth-order valence-electron chi connectivity index (χ4n) is 1.62. The molecule has 6 nitrogen and oxygen atoms in total. The smallest absolute Gasteiger partial charge is 0.386 e. The fraction of sp³-hybridized carbons (Fsp3) is 0.364. The first-order chi connectivity index (χ1) is 9.56. The van der Waals surface area contributed by atoms with Crippen LogP contribution in [0.2, 0.25) is 0 Å². The van der Waals surface area contributed by atoms with E-state index in [0.717, 1.165) is 13.1 Å². The second-order valence-electron chi connectivity index (χ2n) is 4.13. The van der Waals surface area contributed by atoms with Crippen molar-refractivity contribution in [3.05, 3.63) is 33.6 Å². The molecule has 1 rings (SSSR count). The Kier molecular flexibility index (Phi) is 4.71. The van der Waals surface area contributed by atoms with Crippen LogP contribution in [0.25, 0.3) is 0 Å². The van der Waals surface area contributed by atoms with Gasteiger partial charge in [-0.25, -0.2) is 4.39 Å². The molecular formula is C11H11F4N3O3. The summed E-state index contributed by atoms with van der Waals surface area (Å²) in [4.78, 5) is 22.0. The van der Waals surface area contributed by atoms with Gasteiger partial charge in [0.05, 0.1) is 16.7 Å². The van der Waals surface area contributed by atoms with Crippen molar-refractivity contribution >= 4 is 17.3 Å². The topological polar surface area (TPSA) is 75.5 Å². The lowest BCUT2D eigenvalue weighted by atomic mass is 10.1. The molecule has 10 heteroatoms. The Morgan fingerprint density at radius 1 is 1.43 bits per heavy atom. The summed E-state index contributed by atoms with van der Waals surface area (Å²) in [5.41, 5.74) is -1.76. The average molecular weight is 309 g/mol. The highest BCUT2D eigenvalue weighted by molar-refractivity contribution is 5.99. The van der Waals surface area contributed by atoms with Crippen molar-refractivity contribution in [2.75, 3.05) is 26.0 Å². The van der Waals surface area contributed by atoms with Crippen LogP contribution < -0.4 is 5.32 Å². The summed E-state index contributed by atoms with van der Waals surface area (Å²) in [6.45, 7) is -1.57. The number of nitro benzene ring substituents is 1. The second kappa shape index (κ2) is 5.94. The normalized spacial score (nSPS) is 11.1. The summed E-state index contributed by atoms with van der Waals surface area (Å²) in [5.74, 6) is -2.21. The first kappa shape index (κ1) is 16.7. The van der Waals surface area contributed by atoms with Crippen LogP contribution in [0, 0.1) is 15.9 Å². The maximum Gasteiger partial charge on any atom is 0.406 e. The van der Waals surface area contributed by atoms with Gasteiger partial charge in [0.2, 0.25) is 0 Å². The molecule has 1 aromatic carbocycles. The number of amides is 1. The van der Waals surface area contributed by atoms with Crippen molar-refractivity contribution in [3.8, 4) is 0 Å². The van der Waals surface area contributed by atoms with Gasteiger partial charge in [0.15, 0.2) is 5.82 Å². The number of carbonyl (C=O) groups excluding carboxylic acids is 1. The Morgan fingerprint density at radius 2 is 2.00 bits per heavy atom. The minimum absolute atomic E-state index is 0.232. The molecule has 116 valence electrons. The third kappa shape index (κ3) is 4.04. The largest absolute Gasteiger partial charge is 0.406 e. The van der Waals surface area contributed by atoms with E-state index in [9.17, 15) is 32.5 Å². The number of anilines is 1.